The number of fused-ring (bicyclic) bond motifs is 12. The number of morpholine rings is 1. The topological polar surface area (TPSA) is 157 Å². The molecule has 6 saturated heterocycles. The fourth-order valence-corrected chi connectivity index (χ4v) is 22.9. The highest BCUT2D eigenvalue weighted by Crippen LogP contribution is 2.51. The first-order valence-corrected chi connectivity index (χ1v) is 53.0. The van der Waals surface area contributed by atoms with Gasteiger partial charge in [0.2, 0.25) is 0 Å². The number of likely N-dealkylation sites (N-methyl/N-ethyl adjacent to an activating group) is 1. The number of piperazine rings is 5. The van der Waals surface area contributed by atoms with E-state index in [0.29, 0.717) is 124 Å². The van der Waals surface area contributed by atoms with Crippen LogP contribution in [0.5, 0.6) is 23.0 Å². The average Bonchev–Trinajstić information content (AvgIpc) is 1.60. The summed E-state index contributed by atoms with van der Waals surface area (Å²) >= 11 is 0. The molecule has 4 aliphatic carbocycles. The standard InChI is InChI=1S/C31H35FN4O2.C31H34FN3O3.C31H36FN3O2.C29H32FN3O2/c1-33-12-14-34(15-13-33)20-21-38-29-11-10-23(32)22-28(29)31(37)36-18-16-35(17-19-36)30-26-8-4-2-6-24(26)25-7-3-5-9-27(25)30;32-23-10-11-29(38-19-5-12-33-17-20-37-21-18-33)28(22-23)31(36)35-15-13-34(14-16-35)30-26-8-3-1-6-24(26)25-7-2-4-9-27(25)30;1-3-33(4-2)16-9-21-37-29-15-14-23(32)22-28(29)31(36)35-19-17-34(18-20-35)30-26-12-7-5-10-24(26)25-11-6-8-13-27(25)30;1-31(2)14-7-19-35-27-13-12-21(30)20-26(27)29(34)33-17-15-32(16-18-33)28-24-10-5-3-8-22(24)23-9-4-6-11-25(23)28/h2-11,22,30H,12-21H2,1H3;1-4,6-11,22,30H,5,12-21H2;5-8,10-15,22,30H,3-4,9,16-21H2,1-2H3;3-6,8-13,20,28H,7,14-19H2,1-2H3. The molecule has 148 heavy (non-hydrogen) atoms. The molecule has 0 unspecified atom stereocenters. The number of hydrogen-bond donors (Lipinski definition) is 0. The molecular weight excluding hydrogens is 1870 g/mol. The lowest BCUT2D eigenvalue weighted by molar-refractivity contribution is 0.0357. The number of halogens is 4. The van der Waals surface area contributed by atoms with Gasteiger partial charge in [0.05, 0.1) is 79.5 Å². The summed E-state index contributed by atoms with van der Waals surface area (Å²) in [5, 5.41) is 0. The second kappa shape index (κ2) is 49.0. The van der Waals surface area contributed by atoms with Gasteiger partial charge in [0.25, 0.3) is 23.6 Å². The molecule has 6 fully saturated rings. The normalized spacial score (nSPS) is 17.2. The van der Waals surface area contributed by atoms with Crippen LogP contribution in [-0.4, -0.2) is 331 Å². The Balaban J connectivity index is 0.000000124. The summed E-state index contributed by atoms with van der Waals surface area (Å²) in [6, 6.07) is 86.7. The number of amides is 4. The predicted octanol–water partition coefficient (Wildman–Crippen LogP) is 18.6. The van der Waals surface area contributed by atoms with E-state index in [9.17, 15) is 36.7 Å². The minimum Gasteiger partial charge on any atom is -0.493 e. The molecule has 22 rings (SSSR count). The number of benzene rings is 12. The maximum Gasteiger partial charge on any atom is 0.257 e. The van der Waals surface area contributed by atoms with Gasteiger partial charge in [-0.15, -0.1) is 0 Å². The van der Waals surface area contributed by atoms with Gasteiger partial charge in [-0.25, -0.2) is 17.6 Å². The molecule has 26 heteroatoms. The van der Waals surface area contributed by atoms with Crippen LogP contribution in [0, 0.1) is 23.3 Å². The first kappa shape index (κ1) is 104. The Hall–Kier alpha value is -13.0. The van der Waals surface area contributed by atoms with Gasteiger partial charge < -0.3 is 58.0 Å². The van der Waals surface area contributed by atoms with E-state index in [4.69, 9.17) is 23.7 Å². The molecule has 22 nitrogen and oxygen atoms in total. The van der Waals surface area contributed by atoms with Gasteiger partial charge in [-0.1, -0.05) is 208 Å². The van der Waals surface area contributed by atoms with Crippen LogP contribution in [0.1, 0.15) is 143 Å². The Morgan fingerprint density at radius 1 is 0.291 bits per heavy atom. The van der Waals surface area contributed by atoms with Crippen molar-refractivity contribution in [2.75, 3.05) is 244 Å². The Kier molecular flexibility index (Phi) is 34.3. The monoisotopic (exact) mass is 2000 g/mol. The number of nitrogens with zero attached hydrogens (tertiary/aromatic N) is 13. The zero-order valence-corrected chi connectivity index (χ0v) is 85.9. The number of ether oxygens (including phenoxy) is 5. The molecule has 10 aliphatic rings. The summed E-state index contributed by atoms with van der Waals surface area (Å²) in [5.74, 6) is -0.503. The minimum absolute atomic E-state index is 0.161. The molecule has 6 aliphatic heterocycles. The van der Waals surface area contributed by atoms with Gasteiger partial charge in [-0.05, 0) is 215 Å². The Morgan fingerprint density at radius 3 is 0.797 bits per heavy atom. The molecule has 0 spiro atoms. The summed E-state index contributed by atoms with van der Waals surface area (Å²) in [5.41, 5.74) is 22.2. The van der Waals surface area contributed by atoms with Crippen molar-refractivity contribution < 1.29 is 60.4 Å². The third-order valence-electron chi connectivity index (χ3n) is 30.8. The van der Waals surface area contributed by atoms with Crippen molar-refractivity contribution >= 4 is 23.6 Å². The Morgan fingerprint density at radius 2 is 0.534 bits per heavy atom. The molecule has 12 aromatic carbocycles. The number of hydrogen-bond acceptors (Lipinski definition) is 18. The highest BCUT2D eigenvalue weighted by atomic mass is 19.1. The highest BCUT2D eigenvalue weighted by Gasteiger charge is 2.42. The summed E-state index contributed by atoms with van der Waals surface area (Å²) in [7, 11) is 6.15. The van der Waals surface area contributed by atoms with Gasteiger partial charge in [-0.2, -0.15) is 0 Å². The van der Waals surface area contributed by atoms with Crippen LogP contribution in [0.4, 0.5) is 17.6 Å². The van der Waals surface area contributed by atoms with Crippen molar-refractivity contribution in [1.82, 2.24) is 63.7 Å². The lowest BCUT2D eigenvalue weighted by Crippen LogP contribution is -2.49. The largest absolute Gasteiger partial charge is 0.493 e. The van der Waals surface area contributed by atoms with Crippen molar-refractivity contribution in [3.05, 3.63) is 357 Å². The van der Waals surface area contributed by atoms with Crippen molar-refractivity contribution in [1.29, 1.82) is 0 Å². The number of rotatable bonds is 29. The van der Waals surface area contributed by atoms with E-state index in [-0.39, 0.29) is 47.8 Å². The Bertz CT molecular complexity index is 6400. The van der Waals surface area contributed by atoms with Gasteiger partial charge in [0.15, 0.2) is 0 Å². The predicted molar refractivity (Wildman–Crippen MR) is 574 cm³/mol. The van der Waals surface area contributed by atoms with E-state index in [1.807, 2.05) is 33.7 Å². The average molecular weight is 2010 g/mol. The maximum atomic E-state index is 14.2. The molecule has 0 aromatic heterocycles. The van der Waals surface area contributed by atoms with Crippen molar-refractivity contribution in [3.8, 4) is 67.5 Å². The fourth-order valence-electron chi connectivity index (χ4n) is 22.9. The SMILES string of the molecule is CCN(CC)CCCOc1ccc(F)cc1C(=O)N1CCN(C2c3ccccc3-c3ccccc32)CC1.CN(C)CCCOc1ccc(F)cc1C(=O)N1CCN(C2c3ccccc3-c3ccccc32)CC1.CN1CCN(CCOc2ccc(F)cc2C(=O)N2CCN(C3c4ccccc4-c4ccccc43)CC2)CC1.O=C(c1cc(F)ccc1OCCCN1CCOCC1)N1CCN(C2c3ccccc3-c3ccccc32)CC1. The summed E-state index contributed by atoms with van der Waals surface area (Å²) in [6.07, 6.45) is 2.53. The van der Waals surface area contributed by atoms with Crippen LogP contribution in [0.15, 0.2) is 267 Å². The molecule has 0 radical (unpaired) electrons. The van der Waals surface area contributed by atoms with Gasteiger partial charge in [0, 0.05) is 170 Å². The number of carbonyl (C=O) groups excluding carboxylic acids is 4. The number of carbonyl (C=O) groups is 4. The molecule has 0 saturated carbocycles. The van der Waals surface area contributed by atoms with Gasteiger partial charge in [-0.3, -0.25) is 48.6 Å². The molecule has 772 valence electrons. The summed E-state index contributed by atoms with van der Waals surface area (Å²) in [6.45, 7) is 30.1. The fraction of sp³-hybridized carbons (Fsp3) is 0.377. The van der Waals surface area contributed by atoms with Crippen molar-refractivity contribution in [2.24, 2.45) is 0 Å². The zero-order chi connectivity index (χ0) is 102. The van der Waals surface area contributed by atoms with E-state index < -0.39 is 23.3 Å². The summed E-state index contributed by atoms with van der Waals surface area (Å²) < 4.78 is 86.0. The molecule has 0 N–H and O–H groups in total. The Labute approximate surface area is 868 Å². The van der Waals surface area contributed by atoms with Crippen LogP contribution in [0.3, 0.4) is 0 Å². The van der Waals surface area contributed by atoms with Crippen molar-refractivity contribution in [3.63, 3.8) is 0 Å². The molecular formula is C122H137F4N13O9. The smallest absolute Gasteiger partial charge is 0.257 e. The highest BCUT2D eigenvalue weighted by molar-refractivity contribution is 5.99. The van der Waals surface area contributed by atoms with Gasteiger partial charge in [0.1, 0.15) is 52.9 Å². The van der Waals surface area contributed by atoms with E-state index in [1.165, 1.54) is 138 Å². The van der Waals surface area contributed by atoms with Crippen LogP contribution < -0.4 is 18.9 Å². The summed E-state index contributed by atoms with van der Waals surface area (Å²) in [4.78, 5) is 82.6. The van der Waals surface area contributed by atoms with E-state index in [0.717, 1.165) is 163 Å². The third kappa shape index (κ3) is 23.8. The quantitative estimate of drug-likeness (QED) is 0.0322. The van der Waals surface area contributed by atoms with Gasteiger partial charge >= 0.3 is 0 Å². The van der Waals surface area contributed by atoms with E-state index in [1.54, 1.807) is 24.3 Å². The van der Waals surface area contributed by atoms with Crippen LogP contribution in [0.2, 0.25) is 0 Å². The van der Waals surface area contributed by atoms with E-state index in [2.05, 4.69) is 259 Å². The molecule has 4 amide bonds. The lowest BCUT2D eigenvalue weighted by Gasteiger charge is -2.39. The maximum absolute atomic E-state index is 14.2. The third-order valence-corrected chi connectivity index (χ3v) is 30.8. The second-order valence-electron chi connectivity index (χ2n) is 40.1. The second-order valence-corrected chi connectivity index (χ2v) is 40.1. The lowest BCUT2D eigenvalue weighted by atomic mass is 10.0. The van der Waals surface area contributed by atoms with Crippen LogP contribution >= 0.6 is 0 Å². The molecule has 6 heterocycles. The van der Waals surface area contributed by atoms with Crippen LogP contribution in [0.25, 0.3) is 44.5 Å². The van der Waals surface area contributed by atoms with Crippen LogP contribution in [-0.2, 0) is 4.74 Å². The first-order valence-electron chi connectivity index (χ1n) is 53.0. The zero-order valence-electron chi connectivity index (χ0n) is 85.9. The molecule has 0 bridgehead atoms. The molecule has 0 atom stereocenters. The first-order chi connectivity index (χ1) is 72.4. The molecule has 12 aromatic rings. The minimum atomic E-state index is -0.424. The van der Waals surface area contributed by atoms with E-state index >= 15 is 0 Å². The van der Waals surface area contributed by atoms with Crippen molar-refractivity contribution in [2.45, 2.75) is 57.3 Å².